The minimum atomic E-state index is 0. The predicted molar refractivity (Wildman–Crippen MR) is 31.2 cm³/mol. The van der Waals surface area contributed by atoms with Crippen LogP contribution in [-0.4, -0.2) is 18.3 Å². The number of nitrogens with two attached hydrogens (primary N) is 1. The lowest BCUT2D eigenvalue weighted by molar-refractivity contribution is 0.306. The monoisotopic (exact) mass is 112 g/mol. The van der Waals surface area contributed by atoms with Gasteiger partial charge in [-0.05, 0) is 0 Å². The number of rotatable bonds is 1. The number of hydrogen-bond donors (Lipinski definition) is 5. The van der Waals surface area contributed by atoms with Gasteiger partial charge < -0.3 is 29.3 Å². The van der Waals surface area contributed by atoms with Crippen LogP contribution in [0.1, 0.15) is 0 Å². The molecule has 0 aliphatic heterocycles. The van der Waals surface area contributed by atoms with E-state index in [4.69, 9.17) is 10.8 Å². The second-order valence-corrected chi connectivity index (χ2v) is 0.512. The van der Waals surface area contributed by atoms with Gasteiger partial charge in [-0.15, -0.1) is 0 Å². The maximum atomic E-state index is 7.75. The van der Waals surface area contributed by atoms with Crippen molar-refractivity contribution in [2.45, 2.75) is 0 Å². The van der Waals surface area contributed by atoms with Crippen LogP contribution in [0.2, 0.25) is 0 Å². The van der Waals surface area contributed by atoms with E-state index in [0.29, 0.717) is 6.54 Å². The van der Waals surface area contributed by atoms with Crippen LogP contribution in [0, 0.1) is 0 Å². The molecule has 0 fully saturated rings. The fraction of sp³-hybridized carbons (Fsp3) is 1.00. The average molecular weight is 112 g/mol. The number of aliphatic hydroxyl groups excluding tert-OH is 1. The van der Waals surface area contributed by atoms with Gasteiger partial charge in [0.25, 0.3) is 0 Å². The van der Waals surface area contributed by atoms with Gasteiger partial charge in [-0.2, -0.15) is 0 Å². The first-order chi connectivity index (χ1) is 1.91. The second-order valence-electron chi connectivity index (χ2n) is 0.512. The van der Waals surface area contributed by atoms with E-state index in [1.807, 2.05) is 0 Å². The van der Waals surface area contributed by atoms with Crippen molar-refractivity contribution in [1.82, 2.24) is 18.5 Å². The van der Waals surface area contributed by atoms with Crippen LogP contribution in [0.25, 0.3) is 0 Å². The molecule has 5 nitrogen and oxygen atoms in total. The molecule has 0 amide bonds. The van der Waals surface area contributed by atoms with Crippen molar-refractivity contribution in [3.8, 4) is 0 Å². The third kappa shape index (κ3) is 131. The fourth-order valence-electron chi connectivity index (χ4n) is 0. The van der Waals surface area contributed by atoms with Gasteiger partial charge in [-0.3, -0.25) is 0 Å². The summed E-state index contributed by atoms with van der Waals surface area (Å²) in [6.45, 7) is 0.472. The first kappa shape index (κ1) is 29.2. The van der Waals surface area contributed by atoms with Crippen LogP contribution in [-0.2, 0) is 0 Å². The van der Waals surface area contributed by atoms with Crippen LogP contribution in [0.4, 0.5) is 0 Å². The molecule has 0 aromatic heterocycles. The van der Waals surface area contributed by atoms with E-state index in [0.717, 1.165) is 0 Å². The molecule has 5 heteroatoms. The van der Waals surface area contributed by atoms with E-state index >= 15 is 0 Å². The Morgan fingerprint density at radius 2 is 1.29 bits per heavy atom. The fourth-order valence-corrected chi connectivity index (χ4v) is 0. The van der Waals surface area contributed by atoms with Crippen LogP contribution in [0.3, 0.4) is 0 Å². The molecule has 0 heterocycles. The Labute approximate surface area is 43.6 Å². The smallest absolute Gasteiger partial charge is 0.0553 e. The van der Waals surface area contributed by atoms with Crippen molar-refractivity contribution >= 4 is 0 Å². The summed E-state index contributed by atoms with van der Waals surface area (Å²) >= 11 is 0. The summed E-state index contributed by atoms with van der Waals surface area (Å²) in [5, 5.41) is 7.75. The summed E-state index contributed by atoms with van der Waals surface area (Å²) in [6.07, 6.45) is 0. The summed E-state index contributed by atoms with van der Waals surface area (Å²) in [5.41, 5.74) is 4.78. The van der Waals surface area contributed by atoms with Gasteiger partial charge in [-0.1, -0.05) is 0 Å². The topological polar surface area (TPSA) is 151 Å². The van der Waals surface area contributed by atoms with Gasteiger partial charge >= 0.3 is 0 Å². The molecular weight excluding hydrogens is 96.0 g/mol. The molecule has 0 aliphatic rings. The van der Waals surface area contributed by atoms with Crippen molar-refractivity contribution in [1.29, 1.82) is 0 Å². The third-order valence-electron chi connectivity index (χ3n) is 0.129. The van der Waals surface area contributed by atoms with Gasteiger partial charge in [0.05, 0.1) is 6.61 Å². The van der Waals surface area contributed by atoms with Gasteiger partial charge in [-0.25, -0.2) is 0 Å². The lowest BCUT2D eigenvalue weighted by atomic mass is 10.8. The number of hydrogen-bond acceptors (Lipinski definition) is 5. The molecule has 0 rings (SSSR count). The third-order valence-corrected chi connectivity index (χ3v) is 0.129. The maximum Gasteiger partial charge on any atom is 0.0553 e. The SMILES string of the molecule is N.N.N.NCCO. The van der Waals surface area contributed by atoms with E-state index in [-0.39, 0.29) is 25.1 Å². The highest BCUT2D eigenvalue weighted by Crippen LogP contribution is 1.33. The van der Waals surface area contributed by atoms with Crippen molar-refractivity contribution in [2.75, 3.05) is 13.2 Å². The minimum absolute atomic E-state index is 0. The van der Waals surface area contributed by atoms with E-state index in [2.05, 4.69) is 0 Å². The first-order valence-electron chi connectivity index (χ1n) is 1.22. The molecule has 12 N–H and O–H groups in total. The highest BCUT2D eigenvalue weighted by atomic mass is 16.3. The van der Waals surface area contributed by atoms with Crippen molar-refractivity contribution in [2.24, 2.45) is 5.73 Å². The van der Waals surface area contributed by atoms with Gasteiger partial charge in [0, 0.05) is 6.54 Å². The molecule has 0 aliphatic carbocycles. The van der Waals surface area contributed by atoms with E-state index < -0.39 is 0 Å². The van der Waals surface area contributed by atoms with Crippen LogP contribution < -0.4 is 24.2 Å². The maximum absolute atomic E-state index is 7.75. The zero-order valence-electron chi connectivity index (χ0n) is 4.56. The first-order valence-corrected chi connectivity index (χ1v) is 1.22. The van der Waals surface area contributed by atoms with E-state index in [9.17, 15) is 0 Å². The number of aliphatic hydroxyl groups is 1. The van der Waals surface area contributed by atoms with Crippen LogP contribution >= 0.6 is 0 Å². The highest BCUT2D eigenvalue weighted by Gasteiger charge is 1.56. The molecule has 0 saturated heterocycles. The molecule has 50 valence electrons. The van der Waals surface area contributed by atoms with Crippen LogP contribution in [0.5, 0.6) is 0 Å². The van der Waals surface area contributed by atoms with Crippen molar-refractivity contribution in [3.63, 3.8) is 0 Å². The largest absolute Gasteiger partial charge is 0.395 e. The summed E-state index contributed by atoms with van der Waals surface area (Å²) in [6, 6.07) is 0. The molecule has 0 radical (unpaired) electrons. The normalized spacial score (nSPS) is 4.29. The van der Waals surface area contributed by atoms with Crippen molar-refractivity contribution < 1.29 is 5.11 Å². The summed E-state index contributed by atoms with van der Waals surface area (Å²) in [7, 11) is 0. The minimum Gasteiger partial charge on any atom is -0.395 e. The summed E-state index contributed by atoms with van der Waals surface area (Å²) in [4.78, 5) is 0. The molecule has 0 bridgehead atoms. The average Bonchev–Trinajstić information content (AvgIpc) is 1.37. The summed E-state index contributed by atoms with van der Waals surface area (Å²) in [5.74, 6) is 0. The zero-order chi connectivity index (χ0) is 3.41. The van der Waals surface area contributed by atoms with Crippen molar-refractivity contribution in [3.05, 3.63) is 0 Å². The molecule has 0 aromatic carbocycles. The Bertz CT molecular complexity index is 11.7. The second kappa shape index (κ2) is 41.2. The summed E-state index contributed by atoms with van der Waals surface area (Å²) < 4.78 is 0. The van der Waals surface area contributed by atoms with Crippen LogP contribution in [0.15, 0.2) is 0 Å². The molecular formula is C2H16N4O. The Balaban J connectivity index is -0.0000000150. The predicted octanol–water partition coefficient (Wildman–Crippen LogP) is -0.577. The van der Waals surface area contributed by atoms with Gasteiger partial charge in [0.1, 0.15) is 0 Å². The molecule has 0 spiro atoms. The quantitative estimate of drug-likeness (QED) is 0.307. The Hall–Kier alpha value is -0.200. The van der Waals surface area contributed by atoms with Gasteiger partial charge in [0.2, 0.25) is 0 Å². The molecule has 0 atom stereocenters. The van der Waals surface area contributed by atoms with E-state index in [1.165, 1.54) is 0 Å². The Morgan fingerprint density at radius 1 is 1.14 bits per heavy atom. The lowest BCUT2D eigenvalue weighted by Crippen LogP contribution is -2.02. The highest BCUT2D eigenvalue weighted by molar-refractivity contribution is 4.17. The van der Waals surface area contributed by atoms with Gasteiger partial charge in [0.15, 0.2) is 0 Å². The molecule has 0 unspecified atom stereocenters. The molecule has 7 heavy (non-hydrogen) atoms. The Kier molecular flexibility index (Phi) is 172. The lowest BCUT2D eigenvalue weighted by Gasteiger charge is -1.71. The molecule has 0 aromatic rings. The zero-order valence-corrected chi connectivity index (χ0v) is 4.56. The Morgan fingerprint density at radius 3 is 1.29 bits per heavy atom. The van der Waals surface area contributed by atoms with E-state index in [1.54, 1.807) is 0 Å². The molecule has 0 saturated carbocycles. The standard InChI is InChI=1S/C2H7NO.3H3N/c3-1-2-4;;;/h4H,1-3H2;3*1H3.